The van der Waals surface area contributed by atoms with Crippen LogP contribution in [0.15, 0.2) is 42.5 Å². The first-order chi connectivity index (χ1) is 10.1. The molecule has 2 aromatic rings. The standard InChI is InChI=1S/C16H15FO4/c1-11-3-2-4-13(9-11)20-7-8-21-15-10-12(17)5-6-14(15)16(18)19/h2-6,9-10H,7-8H2,1H3,(H,18,19). The van der Waals surface area contributed by atoms with E-state index in [2.05, 4.69) is 0 Å². The topological polar surface area (TPSA) is 55.8 Å². The highest BCUT2D eigenvalue weighted by Gasteiger charge is 2.12. The van der Waals surface area contributed by atoms with E-state index in [1.807, 2.05) is 31.2 Å². The van der Waals surface area contributed by atoms with E-state index in [0.29, 0.717) is 5.75 Å². The van der Waals surface area contributed by atoms with Gasteiger partial charge in [-0.2, -0.15) is 0 Å². The largest absolute Gasteiger partial charge is 0.490 e. The van der Waals surface area contributed by atoms with Crippen molar-refractivity contribution in [2.75, 3.05) is 13.2 Å². The molecule has 0 radical (unpaired) electrons. The van der Waals surface area contributed by atoms with E-state index >= 15 is 0 Å². The average Bonchev–Trinajstić information content (AvgIpc) is 2.43. The van der Waals surface area contributed by atoms with Gasteiger partial charge in [0.15, 0.2) is 0 Å². The van der Waals surface area contributed by atoms with Crippen molar-refractivity contribution in [1.82, 2.24) is 0 Å². The Morgan fingerprint density at radius 2 is 1.90 bits per heavy atom. The van der Waals surface area contributed by atoms with Crippen LogP contribution in [0.4, 0.5) is 4.39 Å². The van der Waals surface area contributed by atoms with Crippen LogP contribution in [0.5, 0.6) is 11.5 Å². The monoisotopic (exact) mass is 290 g/mol. The quantitative estimate of drug-likeness (QED) is 0.829. The van der Waals surface area contributed by atoms with Gasteiger partial charge in [-0.05, 0) is 36.8 Å². The molecule has 0 aliphatic carbocycles. The predicted molar refractivity (Wildman–Crippen MR) is 75.5 cm³/mol. The van der Waals surface area contributed by atoms with Gasteiger partial charge in [0, 0.05) is 6.07 Å². The minimum absolute atomic E-state index is 0.00431. The fourth-order valence-electron chi connectivity index (χ4n) is 1.81. The number of halogens is 1. The molecule has 0 heterocycles. The van der Waals surface area contributed by atoms with Gasteiger partial charge in [-0.3, -0.25) is 0 Å². The smallest absolute Gasteiger partial charge is 0.339 e. The van der Waals surface area contributed by atoms with Crippen LogP contribution in [0.2, 0.25) is 0 Å². The highest BCUT2D eigenvalue weighted by atomic mass is 19.1. The number of aromatic carboxylic acids is 1. The summed E-state index contributed by atoms with van der Waals surface area (Å²) < 4.78 is 23.9. The second-order valence-electron chi connectivity index (χ2n) is 4.46. The van der Waals surface area contributed by atoms with E-state index in [-0.39, 0.29) is 24.5 Å². The lowest BCUT2D eigenvalue weighted by molar-refractivity contribution is 0.0691. The van der Waals surface area contributed by atoms with Crippen molar-refractivity contribution in [1.29, 1.82) is 0 Å². The molecule has 110 valence electrons. The van der Waals surface area contributed by atoms with Gasteiger partial charge in [0.25, 0.3) is 0 Å². The summed E-state index contributed by atoms with van der Waals surface area (Å²) in [5.74, 6) is -1.01. The Hall–Kier alpha value is -2.56. The van der Waals surface area contributed by atoms with Crippen LogP contribution in [0.3, 0.4) is 0 Å². The molecule has 0 aromatic heterocycles. The van der Waals surface area contributed by atoms with Crippen LogP contribution < -0.4 is 9.47 Å². The summed E-state index contributed by atoms with van der Waals surface area (Å²) in [6.45, 7) is 2.31. The molecule has 0 atom stereocenters. The van der Waals surface area contributed by atoms with E-state index in [4.69, 9.17) is 14.6 Å². The number of hydrogen-bond donors (Lipinski definition) is 1. The van der Waals surface area contributed by atoms with Gasteiger partial charge in [-0.1, -0.05) is 12.1 Å². The van der Waals surface area contributed by atoms with Crippen LogP contribution in [0, 0.1) is 12.7 Å². The normalized spacial score (nSPS) is 10.2. The van der Waals surface area contributed by atoms with E-state index < -0.39 is 11.8 Å². The summed E-state index contributed by atoms with van der Waals surface area (Å²) in [6, 6.07) is 10.8. The van der Waals surface area contributed by atoms with Gasteiger partial charge in [-0.15, -0.1) is 0 Å². The van der Waals surface area contributed by atoms with Gasteiger partial charge < -0.3 is 14.6 Å². The first-order valence-electron chi connectivity index (χ1n) is 6.41. The SMILES string of the molecule is Cc1cccc(OCCOc2cc(F)ccc2C(=O)O)c1. The Bertz CT molecular complexity index is 640. The molecule has 0 amide bonds. The lowest BCUT2D eigenvalue weighted by Gasteiger charge is -2.10. The lowest BCUT2D eigenvalue weighted by Crippen LogP contribution is -2.11. The van der Waals surface area contributed by atoms with Gasteiger partial charge in [0.05, 0.1) is 0 Å². The van der Waals surface area contributed by atoms with Crippen molar-refractivity contribution in [3.8, 4) is 11.5 Å². The summed E-state index contributed by atoms with van der Waals surface area (Å²) >= 11 is 0. The number of benzene rings is 2. The Balaban J connectivity index is 1.91. The minimum Gasteiger partial charge on any atom is -0.490 e. The number of hydrogen-bond acceptors (Lipinski definition) is 3. The Kier molecular flexibility index (Phi) is 4.77. The van der Waals surface area contributed by atoms with Crippen molar-refractivity contribution >= 4 is 5.97 Å². The molecule has 0 unspecified atom stereocenters. The molecular formula is C16H15FO4. The number of ether oxygens (including phenoxy) is 2. The molecule has 2 rings (SSSR count). The van der Waals surface area contributed by atoms with E-state index in [9.17, 15) is 9.18 Å². The number of carboxylic acid groups (broad SMARTS) is 1. The maximum absolute atomic E-state index is 13.1. The second-order valence-corrected chi connectivity index (χ2v) is 4.46. The molecule has 0 spiro atoms. The summed E-state index contributed by atoms with van der Waals surface area (Å²) in [7, 11) is 0. The summed E-state index contributed by atoms with van der Waals surface area (Å²) in [6.07, 6.45) is 0. The molecule has 0 aliphatic rings. The second kappa shape index (κ2) is 6.74. The third-order valence-corrected chi connectivity index (χ3v) is 2.77. The third-order valence-electron chi connectivity index (χ3n) is 2.77. The average molecular weight is 290 g/mol. The van der Waals surface area contributed by atoms with Gasteiger partial charge >= 0.3 is 5.97 Å². The fraction of sp³-hybridized carbons (Fsp3) is 0.188. The molecular weight excluding hydrogens is 275 g/mol. The molecule has 5 heteroatoms. The Morgan fingerprint density at radius 1 is 1.14 bits per heavy atom. The number of aryl methyl sites for hydroxylation is 1. The van der Waals surface area contributed by atoms with Crippen LogP contribution in [0.1, 0.15) is 15.9 Å². The van der Waals surface area contributed by atoms with Crippen molar-refractivity contribution in [3.63, 3.8) is 0 Å². The summed E-state index contributed by atoms with van der Waals surface area (Å²) in [5.41, 5.74) is 0.999. The zero-order valence-corrected chi connectivity index (χ0v) is 11.5. The highest BCUT2D eigenvalue weighted by Crippen LogP contribution is 2.20. The van der Waals surface area contributed by atoms with Crippen LogP contribution in [0.25, 0.3) is 0 Å². The first kappa shape index (κ1) is 14.8. The van der Waals surface area contributed by atoms with Crippen LogP contribution in [-0.4, -0.2) is 24.3 Å². The van der Waals surface area contributed by atoms with Gasteiger partial charge in [-0.25, -0.2) is 9.18 Å². The maximum Gasteiger partial charge on any atom is 0.339 e. The van der Waals surface area contributed by atoms with E-state index in [1.165, 1.54) is 6.07 Å². The highest BCUT2D eigenvalue weighted by molar-refractivity contribution is 5.90. The minimum atomic E-state index is -1.16. The number of carbonyl (C=O) groups is 1. The van der Waals surface area contributed by atoms with Crippen LogP contribution in [-0.2, 0) is 0 Å². The lowest BCUT2D eigenvalue weighted by atomic mass is 10.2. The zero-order valence-electron chi connectivity index (χ0n) is 11.5. The Labute approximate surface area is 121 Å². The summed E-state index contributed by atoms with van der Waals surface area (Å²) in [4.78, 5) is 11.0. The predicted octanol–water partition coefficient (Wildman–Crippen LogP) is 3.29. The fourth-order valence-corrected chi connectivity index (χ4v) is 1.81. The molecule has 0 saturated heterocycles. The first-order valence-corrected chi connectivity index (χ1v) is 6.41. The summed E-state index contributed by atoms with van der Waals surface area (Å²) in [5, 5.41) is 8.99. The number of rotatable bonds is 6. The van der Waals surface area contributed by atoms with Crippen molar-refractivity contribution in [2.24, 2.45) is 0 Å². The molecule has 0 bridgehead atoms. The van der Waals surface area contributed by atoms with Crippen molar-refractivity contribution < 1.29 is 23.8 Å². The molecule has 0 saturated carbocycles. The zero-order chi connectivity index (χ0) is 15.2. The molecule has 4 nitrogen and oxygen atoms in total. The van der Waals surface area contributed by atoms with Crippen LogP contribution >= 0.6 is 0 Å². The molecule has 0 fully saturated rings. The van der Waals surface area contributed by atoms with Crippen molar-refractivity contribution in [3.05, 3.63) is 59.4 Å². The van der Waals surface area contributed by atoms with E-state index in [0.717, 1.165) is 17.7 Å². The Morgan fingerprint density at radius 3 is 2.62 bits per heavy atom. The molecule has 0 aliphatic heterocycles. The van der Waals surface area contributed by atoms with E-state index in [1.54, 1.807) is 0 Å². The molecule has 2 aromatic carbocycles. The third kappa shape index (κ3) is 4.21. The van der Waals surface area contributed by atoms with Gasteiger partial charge in [0.2, 0.25) is 0 Å². The molecule has 21 heavy (non-hydrogen) atoms. The molecule has 1 N–H and O–H groups in total. The maximum atomic E-state index is 13.1. The number of carboxylic acids is 1. The van der Waals surface area contributed by atoms with Gasteiger partial charge in [0.1, 0.15) is 36.1 Å². The van der Waals surface area contributed by atoms with Crippen molar-refractivity contribution in [2.45, 2.75) is 6.92 Å².